The van der Waals surface area contributed by atoms with Crippen LogP contribution in [-0.2, 0) is 10.2 Å². The minimum atomic E-state index is -3.41. The molecule has 1 aromatic rings. The predicted molar refractivity (Wildman–Crippen MR) is 60.7 cm³/mol. The van der Waals surface area contributed by atoms with Gasteiger partial charge >= 0.3 is 10.2 Å². The summed E-state index contributed by atoms with van der Waals surface area (Å²) in [4.78, 5) is 11.2. The number of anilines is 1. The fourth-order valence-corrected chi connectivity index (χ4v) is 2.85. The Morgan fingerprint density at radius 1 is 1.44 bits per heavy atom. The quantitative estimate of drug-likeness (QED) is 0.767. The van der Waals surface area contributed by atoms with Crippen molar-refractivity contribution >= 4 is 21.7 Å². The molecule has 2 rings (SSSR count). The molecule has 1 saturated heterocycles. The van der Waals surface area contributed by atoms with Crippen LogP contribution in [0.1, 0.15) is 17.3 Å². The molecule has 16 heavy (non-hydrogen) atoms. The number of Topliss-reactive ketones (excluding diaryl/α,β-unsaturated/α-hetero) is 1. The van der Waals surface area contributed by atoms with Gasteiger partial charge in [-0.05, 0) is 19.1 Å². The van der Waals surface area contributed by atoms with Gasteiger partial charge < -0.3 is 0 Å². The van der Waals surface area contributed by atoms with Gasteiger partial charge in [0.05, 0.1) is 5.69 Å². The second-order valence-electron chi connectivity index (χ2n) is 3.58. The van der Waals surface area contributed by atoms with Crippen LogP contribution in [0.3, 0.4) is 0 Å². The van der Waals surface area contributed by atoms with Crippen LogP contribution in [0.2, 0.25) is 0 Å². The standard InChI is InChI=1S/C10H12N2O3S/c1-8(13)9-3-2-4-10(7-9)12-6-5-11-16(12,14)15/h2-4,7,11H,5-6H2,1H3. The third-order valence-corrected chi connectivity index (χ3v) is 3.97. The number of ketones is 1. The highest BCUT2D eigenvalue weighted by Crippen LogP contribution is 2.21. The molecule has 0 saturated carbocycles. The highest BCUT2D eigenvalue weighted by molar-refractivity contribution is 7.91. The maximum absolute atomic E-state index is 11.6. The monoisotopic (exact) mass is 240 g/mol. The number of nitrogens with one attached hydrogen (secondary N) is 1. The molecule has 0 radical (unpaired) electrons. The van der Waals surface area contributed by atoms with Crippen molar-refractivity contribution in [1.29, 1.82) is 0 Å². The molecule has 0 spiro atoms. The average molecular weight is 240 g/mol. The minimum Gasteiger partial charge on any atom is -0.295 e. The fraction of sp³-hybridized carbons (Fsp3) is 0.300. The van der Waals surface area contributed by atoms with E-state index in [1.165, 1.54) is 11.2 Å². The van der Waals surface area contributed by atoms with Gasteiger partial charge in [-0.15, -0.1) is 0 Å². The third kappa shape index (κ3) is 1.94. The van der Waals surface area contributed by atoms with Gasteiger partial charge in [0.25, 0.3) is 0 Å². The Balaban J connectivity index is 2.41. The van der Waals surface area contributed by atoms with Crippen molar-refractivity contribution in [3.05, 3.63) is 29.8 Å². The topological polar surface area (TPSA) is 66.5 Å². The summed E-state index contributed by atoms with van der Waals surface area (Å²) < 4.78 is 26.8. The second kappa shape index (κ2) is 3.88. The molecular weight excluding hydrogens is 228 g/mol. The van der Waals surface area contributed by atoms with Crippen LogP contribution in [-0.4, -0.2) is 27.3 Å². The number of benzene rings is 1. The zero-order valence-electron chi connectivity index (χ0n) is 8.80. The molecule has 0 amide bonds. The number of carbonyl (C=O) groups excluding carboxylic acids is 1. The summed E-state index contributed by atoms with van der Waals surface area (Å²) in [6.07, 6.45) is 0. The highest BCUT2D eigenvalue weighted by Gasteiger charge is 2.27. The Morgan fingerprint density at radius 3 is 2.75 bits per heavy atom. The smallest absolute Gasteiger partial charge is 0.295 e. The highest BCUT2D eigenvalue weighted by atomic mass is 32.2. The van der Waals surface area contributed by atoms with Crippen LogP contribution in [0.4, 0.5) is 5.69 Å². The van der Waals surface area contributed by atoms with Crippen LogP contribution >= 0.6 is 0 Å². The molecule has 1 N–H and O–H groups in total. The maximum Gasteiger partial charge on any atom is 0.301 e. The van der Waals surface area contributed by atoms with E-state index >= 15 is 0 Å². The van der Waals surface area contributed by atoms with E-state index < -0.39 is 10.2 Å². The summed E-state index contributed by atoms with van der Waals surface area (Å²) in [6, 6.07) is 6.62. The molecule has 1 aromatic carbocycles. The SMILES string of the molecule is CC(=O)c1cccc(N2CCNS2(=O)=O)c1. The summed E-state index contributed by atoms with van der Waals surface area (Å²) in [5.74, 6) is -0.0774. The van der Waals surface area contributed by atoms with Crippen molar-refractivity contribution in [2.45, 2.75) is 6.92 Å². The number of carbonyl (C=O) groups is 1. The van der Waals surface area contributed by atoms with Gasteiger partial charge in [-0.3, -0.25) is 9.10 Å². The van der Waals surface area contributed by atoms with Gasteiger partial charge in [-0.2, -0.15) is 13.1 Å². The van der Waals surface area contributed by atoms with Gasteiger partial charge in [0.2, 0.25) is 0 Å². The number of rotatable bonds is 2. The van der Waals surface area contributed by atoms with Crippen molar-refractivity contribution in [3.8, 4) is 0 Å². The Labute approximate surface area is 94.3 Å². The molecule has 0 unspecified atom stereocenters. The van der Waals surface area contributed by atoms with E-state index in [9.17, 15) is 13.2 Å². The van der Waals surface area contributed by atoms with Gasteiger partial charge in [0.1, 0.15) is 0 Å². The van der Waals surface area contributed by atoms with Gasteiger partial charge in [-0.1, -0.05) is 12.1 Å². The maximum atomic E-state index is 11.6. The molecule has 0 bridgehead atoms. The Hall–Kier alpha value is -1.40. The molecule has 1 aliphatic rings. The van der Waals surface area contributed by atoms with E-state index in [0.29, 0.717) is 24.3 Å². The molecule has 0 aliphatic carbocycles. The lowest BCUT2D eigenvalue weighted by Crippen LogP contribution is -2.29. The Bertz CT molecular complexity index is 525. The van der Waals surface area contributed by atoms with Crippen LogP contribution in [0.15, 0.2) is 24.3 Å². The largest absolute Gasteiger partial charge is 0.301 e. The summed E-state index contributed by atoms with van der Waals surface area (Å²) >= 11 is 0. The number of hydrogen-bond acceptors (Lipinski definition) is 3. The minimum absolute atomic E-state index is 0.0774. The first kappa shape index (κ1) is 11.1. The van der Waals surface area contributed by atoms with Gasteiger partial charge in [0, 0.05) is 18.7 Å². The van der Waals surface area contributed by atoms with Gasteiger partial charge in [-0.25, -0.2) is 0 Å². The molecule has 0 atom stereocenters. The van der Waals surface area contributed by atoms with E-state index in [0.717, 1.165) is 0 Å². The Morgan fingerprint density at radius 2 is 2.19 bits per heavy atom. The second-order valence-corrected chi connectivity index (χ2v) is 5.26. The number of hydrogen-bond donors (Lipinski definition) is 1. The third-order valence-electron chi connectivity index (χ3n) is 2.43. The number of nitrogens with zero attached hydrogens (tertiary/aromatic N) is 1. The van der Waals surface area contributed by atoms with Crippen LogP contribution in [0.5, 0.6) is 0 Å². The Kier molecular flexibility index (Phi) is 2.69. The zero-order valence-corrected chi connectivity index (χ0v) is 9.62. The lowest BCUT2D eigenvalue weighted by Gasteiger charge is -2.16. The summed E-state index contributed by atoms with van der Waals surface area (Å²) in [7, 11) is -3.41. The van der Waals surface area contributed by atoms with Crippen molar-refractivity contribution in [2.24, 2.45) is 0 Å². The van der Waals surface area contributed by atoms with Crippen molar-refractivity contribution in [3.63, 3.8) is 0 Å². The molecule has 1 aliphatic heterocycles. The molecular formula is C10H12N2O3S. The van der Waals surface area contributed by atoms with E-state index in [1.807, 2.05) is 0 Å². The zero-order chi connectivity index (χ0) is 11.8. The molecule has 5 nitrogen and oxygen atoms in total. The lowest BCUT2D eigenvalue weighted by atomic mass is 10.1. The van der Waals surface area contributed by atoms with E-state index in [2.05, 4.69) is 4.72 Å². The molecule has 1 heterocycles. The first-order valence-electron chi connectivity index (χ1n) is 4.89. The molecule has 1 fully saturated rings. The average Bonchev–Trinajstić information content (AvgIpc) is 2.58. The first-order chi connectivity index (χ1) is 7.50. The van der Waals surface area contributed by atoms with Crippen LogP contribution in [0.25, 0.3) is 0 Å². The predicted octanol–water partition coefficient (Wildman–Crippen LogP) is 0.544. The van der Waals surface area contributed by atoms with Crippen molar-refractivity contribution in [2.75, 3.05) is 17.4 Å². The summed E-state index contributed by atoms with van der Waals surface area (Å²) in [5, 5.41) is 0. The first-order valence-corrected chi connectivity index (χ1v) is 6.33. The van der Waals surface area contributed by atoms with Crippen molar-refractivity contribution in [1.82, 2.24) is 4.72 Å². The summed E-state index contributed by atoms with van der Waals surface area (Å²) in [5.41, 5.74) is 1.04. The molecule has 6 heteroatoms. The van der Waals surface area contributed by atoms with Crippen molar-refractivity contribution < 1.29 is 13.2 Å². The normalized spacial score (nSPS) is 18.7. The fourth-order valence-electron chi connectivity index (χ4n) is 1.62. The molecule has 0 aromatic heterocycles. The summed E-state index contributed by atoms with van der Waals surface area (Å²) in [6.45, 7) is 2.24. The van der Waals surface area contributed by atoms with Crippen LogP contribution in [0, 0.1) is 0 Å². The lowest BCUT2D eigenvalue weighted by molar-refractivity contribution is 0.101. The van der Waals surface area contributed by atoms with E-state index in [4.69, 9.17) is 0 Å². The van der Waals surface area contributed by atoms with Gasteiger partial charge in [0.15, 0.2) is 5.78 Å². The van der Waals surface area contributed by atoms with E-state index in [-0.39, 0.29) is 5.78 Å². The molecule has 86 valence electrons. The van der Waals surface area contributed by atoms with Crippen LogP contribution < -0.4 is 9.03 Å². The van der Waals surface area contributed by atoms with E-state index in [1.54, 1.807) is 24.3 Å².